The van der Waals surface area contributed by atoms with Crippen LogP contribution >= 0.6 is 0 Å². The van der Waals surface area contributed by atoms with Gasteiger partial charge in [-0.25, -0.2) is 0 Å². The van der Waals surface area contributed by atoms with Gasteiger partial charge in [0.15, 0.2) is 0 Å². The van der Waals surface area contributed by atoms with E-state index in [2.05, 4.69) is 0 Å². The molecule has 0 saturated heterocycles. The zero-order valence-corrected chi connectivity index (χ0v) is 6.19. The molecule has 10 heteroatoms. The molecule has 2 nitrogen and oxygen atoms in total. The first-order valence-electron chi connectivity index (χ1n) is 2.33. The fourth-order valence-electron chi connectivity index (χ4n) is 0.263. The average Bonchev–Trinajstić information content (AvgIpc) is 1.84. The van der Waals surface area contributed by atoms with Gasteiger partial charge in [0.25, 0.3) is 0 Å². The van der Waals surface area contributed by atoms with Crippen molar-refractivity contribution in [3.63, 3.8) is 0 Å². The van der Waals surface area contributed by atoms with Crippen LogP contribution in [0.5, 0.6) is 0 Å². The molecule has 0 aliphatic rings. The maximum Gasteiger partial charge on any atom is 0.442 e. The third-order valence-corrected chi connectivity index (χ3v) is 1.78. The van der Waals surface area contributed by atoms with Crippen LogP contribution in [0, 0.1) is 6.43 Å². The van der Waals surface area contributed by atoms with E-state index in [0.29, 0.717) is 0 Å². The summed E-state index contributed by atoms with van der Waals surface area (Å²) < 4.78 is 99.1. The lowest BCUT2D eigenvalue weighted by Crippen LogP contribution is -2.47. The minimum atomic E-state index is -7.09. The van der Waals surface area contributed by atoms with Gasteiger partial charge in [0.2, 0.25) is 0 Å². The molecule has 0 aliphatic heterocycles. The fraction of sp³-hybridized carbons (Fsp3) is 0.667. The van der Waals surface area contributed by atoms with Gasteiger partial charge in [-0.15, -0.1) is 0 Å². The quantitative estimate of drug-likeness (QED) is 0.551. The number of rotatable bonds is 3. The summed E-state index contributed by atoms with van der Waals surface area (Å²) in [4.78, 5) is 0. The van der Waals surface area contributed by atoms with E-state index in [0.717, 1.165) is 0 Å². The molecule has 0 atom stereocenters. The van der Waals surface area contributed by atoms with Crippen molar-refractivity contribution < 1.29 is 38.6 Å². The molecule has 0 rings (SSSR count). The summed E-state index contributed by atoms with van der Waals surface area (Å²) in [5.41, 5.74) is 0. The maximum absolute atomic E-state index is 11.7. The minimum absolute atomic E-state index is 4.18. The Hall–Kier alpha value is -0.540. The van der Waals surface area contributed by atoms with Gasteiger partial charge in [0.05, 0.1) is 0 Å². The second kappa shape index (κ2) is 3.00. The Morgan fingerprint density at radius 2 is 1.31 bits per heavy atom. The van der Waals surface area contributed by atoms with E-state index < -0.39 is 27.8 Å². The molecule has 0 aromatic carbocycles. The lowest BCUT2D eigenvalue weighted by Gasteiger charge is -2.20. The molecule has 0 saturated carbocycles. The summed E-state index contributed by atoms with van der Waals surface area (Å²) in [7, 11) is -7.09. The third-order valence-electron chi connectivity index (χ3n) is 0.909. The number of hydrogen-bond donors (Lipinski definition) is 0. The summed E-state index contributed by atoms with van der Waals surface area (Å²) >= 11 is 0. The van der Waals surface area contributed by atoms with Crippen LogP contribution in [-0.4, -0.2) is 19.6 Å². The Bertz CT molecular complexity index is 280. The normalized spacial score (nSPS) is 15.1. The van der Waals surface area contributed by atoms with Gasteiger partial charge in [-0.05, 0) is 0 Å². The first kappa shape index (κ1) is 12.5. The molecule has 0 aromatic heterocycles. The Labute approximate surface area is 67.5 Å². The molecule has 0 unspecified atom stereocenters. The molecule has 0 bridgehead atoms. The van der Waals surface area contributed by atoms with Crippen LogP contribution in [0.3, 0.4) is 0 Å². The average molecular weight is 233 g/mol. The van der Waals surface area contributed by atoms with Gasteiger partial charge in [-0.3, -0.25) is 0 Å². The maximum atomic E-state index is 11.7. The zero-order valence-electron chi connectivity index (χ0n) is 5.37. The Kier molecular flexibility index (Phi) is 2.87. The van der Waals surface area contributed by atoms with Gasteiger partial charge in [0, 0.05) is 0 Å². The Morgan fingerprint density at radius 1 is 1.00 bits per heavy atom. The molecule has 79 valence electrons. The molecule has 0 N–H and O–H groups in total. The van der Waals surface area contributed by atoms with Crippen LogP contribution in [0.2, 0.25) is 0 Å². The minimum Gasteiger partial charge on any atom is -0.192 e. The predicted molar refractivity (Wildman–Crippen MR) is 25.4 cm³/mol. The van der Waals surface area contributed by atoms with Crippen molar-refractivity contribution in [1.29, 1.82) is 0 Å². The molecule has 0 heterocycles. The van der Waals surface area contributed by atoms with Crippen molar-refractivity contribution in [2.45, 2.75) is 11.2 Å². The molecule has 1 radical (unpaired) electrons. The lowest BCUT2D eigenvalue weighted by molar-refractivity contribution is -0.184. The van der Waals surface area contributed by atoms with Crippen LogP contribution in [0.15, 0.2) is 0 Å². The van der Waals surface area contributed by atoms with Crippen LogP contribution in [0.25, 0.3) is 0 Å². The summed E-state index contributed by atoms with van der Waals surface area (Å²) in [5, 5.41) is -6.46. The lowest BCUT2D eigenvalue weighted by atomic mass is 10.4. The van der Waals surface area contributed by atoms with E-state index in [9.17, 15) is 38.6 Å². The molecular weight excluding hydrogens is 233 g/mol. The molecule has 13 heavy (non-hydrogen) atoms. The van der Waals surface area contributed by atoms with Crippen LogP contribution in [0.1, 0.15) is 0 Å². The van der Waals surface area contributed by atoms with E-state index in [1.54, 1.807) is 0 Å². The highest BCUT2D eigenvalue weighted by atomic mass is 32.3. The van der Waals surface area contributed by atoms with Crippen molar-refractivity contribution in [2.75, 3.05) is 0 Å². The van der Waals surface area contributed by atoms with Gasteiger partial charge in [0.1, 0.15) is 0 Å². The molecule has 0 amide bonds. The summed E-state index contributed by atoms with van der Waals surface area (Å²) in [6.45, 7) is 0. The summed E-state index contributed by atoms with van der Waals surface area (Å²) in [5.74, 6) is -6.33. The van der Waals surface area contributed by atoms with Gasteiger partial charge < -0.3 is 0 Å². The van der Waals surface area contributed by atoms with E-state index in [4.69, 9.17) is 0 Å². The van der Waals surface area contributed by atoms with Crippen LogP contribution < -0.4 is 0 Å². The predicted octanol–water partition coefficient (Wildman–Crippen LogP) is 1.94. The van der Waals surface area contributed by atoms with E-state index in [1.807, 2.05) is 0 Å². The second-order valence-corrected chi connectivity index (χ2v) is 3.18. The summed E-state index contributed by atoms with van der Waals surface area (Å²) in [6, 6.07) is 0. The highest BCUT2D eigenvalue weighted by molar-refractivity contribution is 7.87. The van der Waals surface area contributed by atoms with Crippen LogP contribution in [-0.2, 0) is 10.2 Å². The highest BCUT2D eigenvalue weighted by Crippen LogP contribution is 2.46. The first-order valence-corrected chi connectivity index (χ1v) is 3.71. The second-order valence-electron chi connectivity index (χ2n) is 1.79. The highest BCUT2D eigenvalue weighted by Gasteiger charge is 2.72. The smallest absolute Gasteiger partial charge is 0.192 e. The van der Waals surface area contributed by atoms with Crippen molar-refractivity contribution in [3.05, 3.63) is 6.43 Å². The monoisotopic (exact) mass is 233 g/mol. The largest absolute Gasteiger partial charge is 0.442 e. The topological polar surface area (TPSA) is 34.1 Å². The molecule has 0 aliphatic carbocycles. The SMILES string of the molecule is O=S(=O)(F)C(F)(F)C(F)(F)[C](F)F. The number of alkyl halides is 4. The van der Waals surface area contributed by atoms with E-state index in [-0.39, 0.29) is 0 Å². The molecule has 0 aromatic rings. The number of halogens is 7. The zero-order chi connectivity index (χ0) is 11.1. The van der Waals surface area contributed by atoms with Gasteiger partial charge in [-0.1, -0.05) is 3.89 Å². The third kappa shape index (κ3) is 1.86. The van der Waals surface area contributed by atoms with Crippen molar-refractivity contribution in [1.82, 2.24) is 0 Å². The van der Waals surface area contributed by atoms with Gasteiger partial charge >= 0.3 is 27.8 Å². The van der Waals surface area contributed by atoms with E-state index >= 15 is 0 Å². The van der Waals surface area contributed by atoms with Crippen LogP contribution in [0.4, 0.5) is 30.2 Å². The molecule has 0 spiro atoms. The number of hydrogen-bond acceptors (Lipinski definition) is 2. The first-order chi connectivity index (χ1) is 5.44. The molecular formula is C3F7O2S. The summed E-state index contributed by atoms with van der Waals surface area (Å²) in [6.07, 6.45) is -4.18. The van der Waals surface area contributed by atoms with Crippen molar-refractivity contribution >= 4 is 10.2 Å². The fourth-order valence-corrected chi connectivity index (χ4v) is 0.646. The van der Waals surface area contributed by atoms with Crippen molar-refractivity contribution in [3.8, 4) is 0 Å². The van der Waals surface area contributed by atoms with E-state index in [1.165, 1.54) is 0 Å². The standard InChI is InChI=1S/C3F7O2S/c4-1(5)2(6,7)3(8,9)13(10,11)12. The Balaban J connectivity index is 5.29. The van der Waals surface area contributed by atoms with Gasteiger partial charge in [-0.2, -0.15) is 34.8 Å². The molecule has 0 fully saturated rings. The van der Waals surface area contributed by atoms with Crippen molar-refractivity contribution in [2.24, 2.45) is 0 Å². The Morgan fingerprint density at radius 3 is 1.38 bits per heavy atom.